The van der Waals surface area contributed by atoms with E-state index in [1.54, 1.807) is 0 Å². The molecule has 0 radical (unpaired) electrons. The predicted molar refractivity (Wildman–Crippen MR) is 72.0 cm³/mol. The molecule has 2 fully saturated rings. The molecule has 1 saturated heterocycles. The first-order valence-electron chi connectivity index (χ1n) is 7.45. The Balaban J connectivity index is 1.79. The molecule has 1 amide bonds. The van der Waals surface area contributed by atoms with E-state index in [-0.39, 0.29) is 5.91 Å². The molecule has 1 aromatic rings. The molecular weight excluding hydrogens is 240 g/mol. The van der Waals surface area contributed by atoms with Gasteiger partial charge in [-0.1, -0.05) is 18.5 Å². The van der Waals surface area contributed by atoms with Crippen LogP contribution >= 0.6 is 0 Å². The van der Waals surface area contributed by atoms with Gasteiger partial charge in [-0.3, -0.25) is 4.79 Å². The van der Waals surface area contributed by atoms with Gasteiger partial charge in [-0.25, -0.2) is 0 Å². The summed E-state index contributed by atoms with van der Waals surface area (Å²) in [6.07, 6.45) is 5.69. The summed E-state index contributed by atoms with van der Waals surface area (Å²) < 4.78 is 5.31. The van der Waals surface area contributed by atoms with Gasteiger partial charge in [-0.05, 0) is 38.0 Å². The number of likely N-dealkylation sites (tertiary alicyclic amines) is 1. The zero-order chi connectivity index (χ0) is 13.4. The molecule has 0 unspecified atom stereocenters. The Bertz CT molecular complexity index is 468. The van der Waals surface area contributed by atoms with Gasteiger partial charge in [-0.2, -0.15) is 0 Å². The topological polar surface area (TPSA) is 46.3 Å². The molecule has 0 N–H and O–H groups in total. The Morgan fingerprint density at radius 2 is 2.05 bits per heavy atom. The Labute approximate surface area is 114 Å². The third kappa shape index (κ3) is 2.17. The maximum absolute atomic E-state index is 12.7. The minimum atomic E-state index is 0.136. The highest BCUT2D eigenvalue weighted by Gasteiger charge is 2.39. The van der Waals surface area contributed by atoms with Gasteiger partial charge in [0.15, 0.2) is 0 Å². The average molecular weight is 262 g/mol. The third-order valence-corrected chi connectivity index (χ3v) is 4.64. The molecule has 0 bridgehead atoms. The molecule has 1 aliphatic heterocycles. The summed E-state index contributed by atoms with van der Waals surface area (Å²) in [5.41, 5.74) is 1.47. The van der Waals surface area contributed by atoms with E-state index in [0.717, 1.165) is 54.8 Å². The largest absolute Gasteiger partial charge is 0.360 e. The van der Waals surface area contributed by atoms with Crippen LogP contribution in [0.15, 0.2) is 4.52 Å². The first-order valence-corrected chi connectivity index (χ1v) is 7.45. The number of hydrogen-bond acceptors (Lipinski definition) is 3. The van der Waals surface area contributed by atoms with Crippen LogP contribution in [0.5, 0.6) is 0 Å². The van der Waals surface area contributed by atoms with Crippen molar-refractivity contribution in [3.05, 3.63) is 17.0 Å². The molecular formula is C15H22N2O2. The van der Waals surface area contributed by atoms with Crippen LogP contribution in [0.4, 0.5) is 0 Å². The third-order valence-electron chi connectivity index (χ3n) is 4.64. The maximum atomic E-state index is 12.7. The van der Waals surface area contributed by atoms with Crippen molar-refractivity contribution in [3.8, 4) is 0 Å². The average Bonchev–Trinajstić information content (AvgIpc) is 3.03. The van der Waals surface area contributed by atoms with E-state index in [1.807, 2.05) is 11.8 Å². The molecule has 3 rings (SSSR count). The summed E-state index contributed by atoms with van der Waals surface area (Å²) in [4.78, 5) is 14.7. The molecule has 1 aliphatic carbocycles. The summed E-state index contributed by atoms with van der Waals surface area (Å²) in [5.74, 6) is 2.37. The zero-order valence-electron chi connectivity index (χ0n) is 11.8. The van der Waals surface area contributed by atoms with Gasteiger partial charge >= 0.3 is 0 Å². The highest BCUT2D eigenvalue weighted by Crippen LogP contribution is 2.38. The molecule has 4 nitrogen and oxygen atoms in total. The Morgan fingerprint density at radius 3 is 2.68 bits per heavy atom. The van der Waals surface area contributed by atoms with Crippen LogP contribution in [0, 0.1) is 18.8 Å². The number of aromatic nitrogens is 1. The molecule has 4 heteroatoms. The van der Waals surface area contributed by atoms with Crippen molar-refractivity contribution < 1.29 is 9.32 Å². The minimum Gasteiger partial charge on any atom is -0.360 e. The van der Waals surface area contributed by atoms with Crippen LogP contribution in [-0.2, 0) is 6.42 Å². The van der Waals surface area contributed by atoms with Crippen molar-refractivity contribution in [2.45, 2.75) is 46.0 Å². The first kappa shape index (κ1) is 12.7. The fourth-order valence-electron chi connectivity index (χ4n) is 3.65. The number of rotatable bonds is 3. The van der Waals surface area contributed by atoms with Crippen LogP contribution in [-0.4, -0.2) is 29.1 Å². The van der Waals surface area contributed by atoms with Crippen molar-refractivity contribution >= 4 is 5.91 Å². The van der Waals surface area contributed by atoms with Crippen LogP contribution in [0.3, 0.4) is 0 Å². The first-order chi connectivity index (χ1) is 9.20. The van der Waals surface area contributed by atoms with E-state index >= 15 is 0 Å². The molecule has 0 aromatic carbocycles. The number of carbonyl (C=O) groups excluding carboxylic acids is 1. The second-order valence-corrected chi connectivity index (χ2v) is 5.98. The van der Waals surface area contributed by atoms with Gasteiger partial charge in [0.05, 0.1) is 5.69 Å². The van der Waals surface area contributed by atoms with Gasteiger partial charge in [0.1, 0.15) is 11.3 Å². The number of amides is 1. The van der Waals surface area contributed by atoms with Gasteiger partial charge < -0.3 is 9.42 Å². The van der Waals surface area contributed by atoms with E-state index in [0.29, 0.717) is 0 Å². The van der Waals surface area contributed by atoms with Crippen LogP contribution in [0.2, 0.25) is 0 Å². The molecule has 1 aromatic heterocycles. The minimum absolute atomic E-state index is 0.136. The smallest absolute Gasteiger partial charge is 0.259 e. The Hall–Kier alpha value is -1.32. The summed E-state index contributed by atoms with van der Waals surface area (Å²) in [7, 11) is 0. The number of aryl methyl sites for hydroxylation is 2. The Morgan fingerprint density at radius 1 is 1.37 bits per heavy atom. The summed E-state index contributed by atoms with van der Waals surface area (Å²) in [6.45, 7) is 5.82. The second kappa shape index (κ2) is 4.99. The van der Waals surface area contributed by atoms with E-state index in [1.165, 1.54) is 19.3 Å². The van der Waals surface area contributed by atoms with E-state index < -0.39 is 0 Å². The maximum Gasteiger partial charge on any atom is 0.259 e. The van der Waals surface area contributed by atoms with Crippen LogP contribution in [0.1, 0.15) is 54.4 Å². The lowest BCUT2D eigenvalue weighted by Gasteiger charge is -2.17. The van der Waals surface area contributed by atoms with E-state index in [9.17, 15) is 4.79 Å². The van der Waals surface area contributed by atoms with Crippen molar-refractivity contribution in [2.24, 2.45) is 11.8 Å². The number of carbonyl (C=O) groups is 1. The highest BCUT2D eigenvalue weighted by atomic mass is 16.5. The molecule has 2 aliphatic rings. The molecule has 2 heterocycles. The van der Waals surface area contributed by atoms with Gasteiger partial charge in [-0.15, -0.1) is 0 Å². The van der Waals surface area contributed by atoms with Gasteiger partial charge in [0.25, 0.3) is 5.91 Å². The van der Waals surface area contributed by atoms with Crippen molar-refractivity contribution in [2.75, 3.05) is 13.1 Å². The van der Waals surface area contributed by atoms with Crippen LogP contribution in [0.25, 0.3) is 0 Å². The predicted octanol–water partition coefficient (Wildman–Crippen LogP) is 2.81. The second-order valence-electron chi connectivity index (χ2n) is 5.98. The quantitative estimate of drug-likeness (QED) is 0.841. The summed E-state index contributed by atoms with van der Waals surface area (Å²) >= 11 is 0. The molecule has 104 valence electrons. The number of nitrogens with zero attached hydrogens (tertiary/aromatic N) is 2. The molecule has 1 saturated carbocycles. The zero-order valence-corrected chi connectivity index (χ0v) is 11.8. The normalized spacial score (nSPS) is 25.9. The SMILES string of the molecule is CCCc1onc(C)c1C(=O)N1C[C@H]2CCC[C@@H]2C1. The van der Waals surface area contributed by atoms with E-state index in [2.05, 4.69) is 12.1 Å². The Kier molecular flexibility index (Phi) is 3.33. The monoisotopic (exact) mass is 262 g/mol. The van der Waals surface area contributed by atoms with Crippen LogP contribution < -0.4 is 0 Å². The standard InChI is InChI=1S/C15H22N2O2/c1-3-5-13-14(10(2)16-19-13)15(18)17-8-11-6-4-7-12(11)9-17/h11-12H,3-9H2,1-2H3/t11-,12-/m1/s1. The lowest BCUT2D eigenvalue weighted by Crippen LogP contribution is -2.30. The molecule has 2 atom stereocenters. The van der Waals surface area contributed by atoms with E-state index in [4.69, 9.17) is 4.52 Å². The lowest BCUT2D eigenvalue weighted by atomic mass is 10.0. The number of hydrogen-bond donors (Lipinski definition) is 0. The fraction of sp³-hybridized carbons (Fsp3) is 0.733. The van der Waals surface area contributed by atoms with Crippen molar-refractivity contribution in [1.82, 2.24) is 10.1 Å². The van der Waals surface area contributed by atoms with Crippen molar-refractivity contribution in [3.63, 3.8) is 0 Å². The molecule has 0 spiro atoms. The summed E-state index contributed by atoms with van der Waals surface area (Å²) in [6, 6.07) is 0. The summed E-state index contributed by atoms with van der Waals surface area (Å²) in [5, 5.41) is 3.98. The lowest BCUT2D eigenvalue weighted by molar-refractivity contribution is 0.0777. The molecule has 19 heavy (non-hydrogen) atoms. The van der Waals surface area contributed by atoms with Crippen molar-refractivity contribution in [1.29, 1.82) is 0 Å². The van der Waals surface area contributed by atoms with Gasteiger partial charge in [0.2, 0.25) is 0 Å². The van der Waals surface area contributed by atoms with Gasteiger partial charge in [0, 0.05) is 19.5 Å². The fourth-order valence-corrected chi connectivity index (χ4v) is 3.65. The number of fused-ring (bicyclic) bond motifs is 1. The highest BCUT2D eigenvalue weighted by molar-refractivity contribution is 5.96.